The van der Waals surface area contributed by atoms with E-state index >= 15 is 0 Å². The molecule has 1 aliphatic rings. The summed E-state index contributed by atoms with van der Waals surface area (Å²) in [7, 11) is 0. The lowest BCUT2D eigenvalue weighted by molar-refractivity contribution is 0.215. The number of thioether (sulfide) groups is 1. The zero-order valence-electron chi connectivity index (χ0n) is 6.13. The van der Waals surface area contributed by atoms with Crippen LogP contribution in [-0.4, -0.2) is 38.9 Å². The van der Waals surface area contributed by atoms with E-state index < -0.39 is 12.7 Å². The number of carbonyl (C=O) groups excluding carboxylic acids is 1. The second kappa shape index (κ2) is 3.93. The fourth-order valence-corrected chi connectivity index (χ4v) is 2.34. The first kappa shape index (κ1) is 10.3. The summed E-state index contributed by atoms with van der Waals surface area (Å²) in [4.78, 5) is 30.1. The van der Waals surface area contributed by atoms with Crippen LogP contribution in [0.25, 0.3) is 0 Å². The molecule has 5 nitrogen and oxygen atoms in total. The van der Waals surface area contributed by atoms with Crippen LogP contribution in [-0.2, 0) is 11.8 Å². The van der Waals surface area contributed by atoms with Crippen molar-refractivity contribution in [2.75, 3.05) is 18.2 Å². The minimum Gasteiger partial charge on any atom is -0.330 e. The highest BCUT2D eigenvalue weighted by atomic mass is 32.5. The summed E-state index contributed by atoms with van der Waals surface area (Å²) in [5.74, 6) is 1.47. The number of hydrogen-bond donors (Lipinski definition) is 3. The quantitative estimate of drug-likeness (QED) is 0.547. The molecule has 2 amide bonds. The summed E-state index contributed by atoms with van der Waals surface area (Å²) in [5, 5.41) is 1.97. The highest BCUT2D eigenvalue weighted by Gasteiger charge is 2.21. The number of carbonyl (C=O) groups is 1. The predicted molar refractivity (Wildman–Crippen MR) is 51.3 cm³/mol. The molecule has 1 saturated heterocycles. The van der Waals surface area contributed by atoms with E-state index in [9.17, 15) is 4.79 Å². The normalized spacial score (nSPS) is 18.0. The molecule has 12 heavy (non-hydrogen) atoms. The number of nitrogens with zero attached hydrogens (tertiary/aromatic N) is 1. The molecule has 3 N–H and O–H groups in total. The Hall–Kier alpha value is 0.190. The third kappa shape index (κ3) is 3.28. The number of amides is 2. The van der Waals surface area contributed by atoms with Crippen molar-refractivity contribution in [3.8, 4) is 0 Å². The van der Waals surface area contributed by atoms with Crippen LogP contribution in [0.2, 0.25) is 0 Å². The molecule has 0 aromatic rings. The van der Waals surface area contributed by atoms with Crippen LogP contribution < -0.4 is 5.09 Å². The van der Waals surface area contributed by atoms with Gasteiger partial charge >= 0.3 is 6.03 Å². The van der Waals surface area contributed by atoms with E-state index in [0.717, 1.165) is 5.75 Å². The van der Waals surface area contributed by atoms with Crippen molar-refractivity contribution >= 4 is 36.2 Å². The van der Waals surface area contributed by atoms with Crippen molar-refractivity contribution in [3.05, 3.63) is 0 Å². The van der Waals surface area contributed by atoms with Gasteiger partial charge in [-0.25, -0.2) is 4.79 Å². The van der Waals surface area contributed by atoms with Gasteiger partial charge in [0.1, 0.15) is 0 Å². The Kier molecular flexibility index (Phi) is 3.37. The highest BCUT2D eigenvalue weighted by molar-refractivity contribution is 8.08. The molecule has 0 unspecified atom stereocenters. The SMILES string of the molecule is O=C(NP(O)(O)=S)N1CCSC1. The maximum atomic E-state index is 11.1. The first-order valence-electron chi connectivity index (χ1n) is 3.19. The second-order valence-electron chi connectivity index (χ2n) is 2.26. The lowest BCUT2D eigenvalue weighted by Crippen LogP contribution is -2.36. The minimum atomic E-state index is -3.59. The van der Waals surface area contributed by atoms with Crippen LogP contribution in [0.1, 0.15) is 0 Å². The summed E-state index contributed by atoms with van der Waals surface area (Å²) in [6.07, 6.45) is 0. The standard InChI is InChI=1S/C4H9N2O3PS2/c7-4(5-10(8,9)11)6-1-2-12-3-6/h1-3H2,(H3,5,7,8,9,11). The third-order valence-electron chi connectivity index (χ3n) is 1.28. The van der Waals surface area contributed by atoms with E-state index in [2.05, 4.69) is 11.8 Å². The molecule has 0 spiro atoms. The molecular formula is C4H9N2O3PS2. The summed E-state index contributed by atoms with van der Waals surface area (Å²) >= 11 is 5.87. The Morgan fingerprint density at radius 2 is 2.33 bits per heavy atom. The summed E-state index contributed by atoms with van der Waals surface area (Å²) < 4.78 is 0. The Morgan fingerprint density at radius 1 is 1.67 bits per heavy atom. The lowest BCUT2D eigenvalue weighted by atomic mass is 10.6. The molecule has 0 aliphatic carbocycles. The van der Waals surface area contributed by atoms with Crippen molar-refractivity contribution in [2.24, 2.45) is 0 Å². The number of nitrogens with one attached hydrogen (secondary N) is 1. The fourth-order valence-electron chi connectivity index (χ4n) is 0.770. The van der Waals surface area contributed by atoms with Gasteiger partial charge in [0.2, 0.25) is 0 Å². The summed E-state index contributed by atoms with van der Waals surface area (Å²) in [6.45, 7) is -2.96. The smallest absolute Gasteiger partial charge is 0.325 e. The predicted octanol–water partition coefficient (Wildman–Crippen LogP) is -0.0886. The molecule has 0 saturated carbocycles. The van der Waals surface area contributed by atoms with Gasteiger partial charge in [0, 0.05) is 12.3 Å². The zero-order valence-corrected chi connectivity index (χ0v) is 8.66. The van der Waals surface area contributed by atoms with E-state index in [1.165, 1.54) is 4.90 Å². The topological polar surface area (TPSA) is 72.8 Å². The van der Waals surface area contributed by atoms with Gasteiger partial charge in [-0.1, -0.05) is 0 Å². The molecule has 1 fully saturated rings. The molecule has 0 aromatic heterocycles. The van der Waals surface area contributed by atoms with Crippen LogP contribution >= 0.6 is 18.4 Å². The Labute approximate surface area is 79.4 Å². The van der Waals surface area contributed by atoms with Crippen molar-refractivity contribution in [3.63, 3.8) is 0 Å². The van der Waals surface area contributed by atoms with E-state index in [4.69, 9.17) is 9.79 Å². The van der Waals surface area contributed by atoms with E-state index in [0.29, 0.717) is 12.4 Å². The highest BCUT2D eigenvalue weighted by Crippen LogP contribution is 2.29. The number of urea groups is 1. The minimum absolute atomic E-state index is 0.492. The Balaban J connectivity index is 2.43. The van der Waals surface area contributed by atoms with Crippen LogP contribution in [0.3, 0.4) is 0 Å². The van der Waals surface area contributed by atoms with Crippen molar-refractivity contribution < 1.29 is 14.6 Å². The Bertz CT molecular complexity index is 224. The Morgan fingerprint density at radius 3 is 2.75 bits per heavy atom. The molecule has 0 radical (unpaired) electrons. The first-order valence-corrected chi connectivity index (χ1v) is 7.06. The molecule has 70 valence electrons. The number of rotatable bonds is 1. The van der Waals surface area contributed by atoms with Crippen LogP contribution in [0, 0.1) is 0 Å². The lowest BCUT2D eigenvalue weighted by Gasteiger charge is -2.17. The third-order valence-corrected chi connectivity index (χ3v) is 3.00. The molecule has 1 aliphatic heterocycles. The molecule has 0 atom stereocenters. The van der Waals surface area contributed by atoms with Gasteiger partial charge in [-0.05, 0) is 11.8 Å². The fraction of sp³-hybridized carbons (Fsp3) is 0.750. The van der Waals surface area contributed by atoms with Gasteiger partial charge in [-0.15, -0.1) is 11.8 Å². The average Bonchev–Trinajstić information content (AvgIpc) is 2.32. The summed E-state index contributed by atoms with van der Waals surface area (Å²) in [5.41, 5.74) is 0. The first-order chi connectivity index (χ1) is 5.49. The summed E-state index contributed by atoms with van der Waals surface area (Å²) in [6, 6.07) is -0.492. The molecule has 8 heteroatoms. The average molecular weight is 228 g/mol. The monoisotopic (exact) mass is 228 g/mol. The maximum Gasteiger partial charge on any atom is 0.325 e. The van der Waals surface area contributed by atoms with Crippen LogP contribution in [0.4, 0.5) is 4.79 Å². The van der Waals surface area contributed by atoms with Gasteiger partial charge in [-0.2, -0.15) is 0 Å². The van der Waals surface area contributed by atoms with E-state index in [1.807, 2.05) is 5.09 Å². The van der Waals surface area contributed by atoms with Gasteiger partial charge in [0.05, 0.1) is 5.88 Å². The van der Waals surface area contributed by atoms with Gasteiger partial charge in [0.25, 0.3) is 6.64 Å². The van der Waals surface area contributed by atoms with Crippen molar-refractivity contribution in [1.82, 2.24) is 9.99 Å². The van der Waals surface area contributed by atoms with Gasteiger partial charge in [-0.3, -0.25) is 5.09 Å². The molecular weight excluding hydrogens is 219 g/mol. The molecule has 1 heterocycles. The van der Waals surface area contributed by atoms with Crippen LogP contribution in [0.15, 0.2) is 0 Å². The zero-order chi connectivity index (χ0) is 9.19. The van der Waals surface area contributed by atoms with Crippen molar-refractivity contribution in [1.29, 1.82) is 0 Å². The largest absolute Gasteiger partial charge is 0.330 e. The van der Waals surface area contributed by atoms with E-state index in [1.54, 1.807) is 11.8 Å². The molecule has 0 aromatic carbocycles. The van der Waals surface area contributed by atoms with Crippen molar-refractivity contribution in [2.45, 2.75) is 0 Å². The molecule has 1 rings (SSSR count). The van der Waals surface area contributed by atoms with Crippen LogP contribution in [0.5, 0.6) is 0 Å². The number of hydrogen-bond acceptors (Lipinski definition) is 3. The van der Waals surface area contributed by atoms with Gasteiger partial charge < -0.3 is 14.7 Å². The maximum absolute atomic E-state index is 11.1. The molecule has 0 bridgehead atoms. The van der Waals surface area contributed by atoms with E-state index in [-0.39, 0.29) is 0 Å². The second-order valence-corrected chi connectivity index (χ2v) is 6.18. The van der Waals surface area contributed by atoms with Gasteiger partial charge in [0.15, 0.2) is 0 Å².